The maximum Gasteiger partial charge on any atom is 0.189 e. The van der Waals surface area contributed by atoms with E-state index in [1.165, 1.54) is 82.7 Å². The number of hydrogen-bond acceptors (Lipinski definition) is 3. The van der Waals surface area contributed by atoms with Crippen molar-refractivity contribution in [3.8, 4) is 0 Å². The molecule has 0 spiro atoms. The SMILES string of the molecule is CC1(C)CC(OCCC[Si]2(C)CCCCCCCCCCCCO2)CC(C)(C)N1. The Hall–Kier alpha value is 0.0969. The zero-order valence-electron chi connectivity index (χ0n) is 20.4. The van der Waals surface area contributed by atoms with Gasteiger partial charge in [-0.15, -0.1) is 0 Å². The summed E-state index contributed by atoms with van der Waals surface area (Å²) in [7, 11) is -1.58. The molecule has 2 fully saturated rings. The van der Waals surface area contributed by atoms with Gasteiger partial charge in [0.1, 0.15) is 0 Å². The van der Waals surface area contributed by atoms with E-state index < -0.39 is 8.32 Å². The Bertz CT molecular complexity index is 422. The molecule has 0 aliphatic carbocycles. The number of rotatable bonds is 5. The minimum atomic E-state index is -1.58. The normalized spacial score (nSPS) is 30.5. The molecule has 0 aromatic carbocycles. The predicted molar refractivity (Wildman–Crippen MR) is 128 cm³/mol. The van der Waals surface area contributed by atoms with Gasteiger partial charge in [-0.05, 0) is 72.0 Å². The van der Waals surface area contributed by atoms with Crippen molar-refractivity contribution in [2.24, 2.45) is 0 Å². The lowest BCUT2D eigenvalue weighted by Crippen LogP contribution is -2.59. The van der Waals surface area contributed by atoms with Crippen LogP contribution in [-0.4, -0.2) is 38.7 Å². The highest BCUT2D eigenvalue weighted by atomic mass is 28.4. The van der Waals surface area contributed by atoms with Crippen LogP contribution in [0.1, 0.15) is 111 Å². The van der Waals surface area contributed by atoms with Crippen LogP contribution >= 0.6 is 0 Å². The largest absolute Gasteiger partial charge is 0.417 e. The maximum atomic E-state index is 6.61. The van der Waals surface area contributed by atoms with Gasteiger partial charge in [0.15, 0.2) is 8.32 Å². The van der Waals surface area contributed by atoms with Crippen molar-refractivity contribution in [3.05, 3.63) is 0 Å². The summed E-state index contributed by atoms with van der Waals surface area (Å²) < 4.78 is 13.0. The van der Waals surface area contributed by atoms with E-state index in [0.717, 1.165) is 26.1 Å². The van der Waals surface area contributed by atoms with E-state index in [4.69, 9.17) is 9.16 Å². The Morgan fingerprint density at radius 2 is 1.34 bits per heavy atom. The Morgan fingerprint density at radius 3 is 1.93 bits per heavy atom. The minimum absolute atomic E-state index is 0.168. The van der Waals surface area contributed by atoms with Gasteiger partial charge in [-0.2, -0.15) is 0 Å². The van der Waals surface area contributed by atoms with Crippen molar-refractivity contribution in [1.82, 2.24) is 5.32 Å². The molecule has 0 aromatic heterocycles. The second kappa shape index (κ2) is 12.2. The van der Waals surface area contributed by atoms with E-state index in [1.807, 2.05) is 0 Å². The molecule has 2 aliphatic rings. The van der Waals surface area contributed by atoms with Crippen molar-refractivity contribution in [1.29, 1.82) is 0 Å². The van der Waals surface area contributed by atoms with Gasteiger partial charge in [0.25, 0.3) is 0 Å². The van der Waals surface area contributed by atoms with Gasteiger partial charge in [-0.25, -0.2) is 0 Å². The summed E-state index contributed by atoms with van der Waals surface area (Å²) in [5.41, 5.74) is 0.336. The fourth-order valence-electron chi connectivity index (χ4n) is 5.65. The fraction of sp³-hybridized carbons (Fsp3) is 1.00. The highest BCUT2D eigenvalue weighted by Crippen LogP contribution is 2.31. The highest BCUT2D eigenvalue weighted by Gasteiger charge is 2.38. The molecule has 1 unspecified atom stereocenters. The van der Waals surface area contributed by atoms with E-state index in [9.17, 15) is 0 Å². The first kappa shape index (κ1) is 25.4. The molecule has 0 amide bonds. The van der Waals surface area contributed by atoms with Crippen molar-refractivity contribution < 1.29 is 9.16 Å². The van der Waals surface area contributed by atoms with E-state index in [-0.39, 0.29) is 11.1 Å². The monoisotopic (exact) mass is 425 g/mol. The summed E-state index contributed by atoms with van der Waals surface area (Å²) in [6.45, 7) is 13.6. The maximum absolute atomic E-state index is 6.61. The molecule has 2 rings (SSSR count). The van der Waals surface area contributed by atoms with E-state index in [2.05, 4.69) is 39.6 Å². The Balaban J connectivity index is 1.74. The van der Waals surface area contributed by atoms with Gasteiger partial charge in [0, 0.05) is 24.3 Å². The van der Waals surface area contributed by atoms with Crippen LogP contribution in [0.4, 0.5) is 0 Å². The predicted octanol–water partition coefficient (Wildman–Crippen LogP) is 7.21. The molecule has 0 saturated carbocycles. The third kappa shape index (κ3) is 10.8. The van der Waals surface area contributed by atoms with Gasteiger partial charge in [-0.3, -0.25) is 0 Å². The molecule has 2 aliphatic heterocycles. The molecule has 2 heterocycles. The third-order valence-corrected chi connectivity index (χ3v) is 10.6. The molecule has 4 heteroatoms. The van der Waals surface area contributed by atoms with Crippen LogP contribution in [0.5, 0.6) is 0 Å². The summed E-state index contributed by atoms with van der Waals surface area (Å²) >= 11 is 0. The fourth-order valence-corrected chi connectivity index (χ4v) is 8.71. The lowest BCUT2D eigenvalue weighted by atomic mass is 9.81. The van der Waals surface area contributed by atoms with Crippen molar-refractivity contribution in [2.75, 3.05) is 13.2 Å². The van der Waals surface area contributed by atoms with Gasteiger partial charge in [0.2, 0.25) is 0 Å². The second-order valence-electron chi connectivity index (χ2n) is 11.5. The van der Waals surface area contributed by atoms with Gasteiger partial charge in [0.05, 0.1) is 6.10 Å². The molecule has 0 bridgehead atoms. The molecule has 1 N–H and O–H groups in total. The Labute approximate surface area is 183 Å². The Kier molecular flexibility index (Phi) is 10.7. The van der Waals surface area contributed by atoms with Crippen LogP contribution in [0.15, 0.2) is 0 Å². The van der Waals surface area contributed by atoms with Crippen LogP contribution in [-0.2, 0) is 9.16 Å². The van der Waals surface area contributed by atoms with Crippen molar-refractivity contribution in [3.63, 3.8) is 0 Å². The third-order valence-electron chi connectivity index (χ3n) is 6.91. The van der Waals surface area contributed by atoms with E-state index >= 15 is 0 Å². The lowest BCUT2D eigenvalue weighted by molar-refractivity contribution is -0.0215. The average molecular weight is 426 g/mol. The van der Waals surface area contributed by atoms with Crippen LogP contribution in [0.2, 0.25) is 18.6 Å². The first-order valence-corrected chi connectivity index (χ1v) is 15.6. The smallest absolute Gasteiger partial charge is 0.189 e. The molecule has 0 radical (unpaired) electrons. The van der Waals surface area contributed by atoms with Crippen LogP contribution in [0.25, 0.3) is 0 Å². The van der Waals surface area contributed by atoms with Crippen molar-refractivity contribution >= 4 is 8.32 Å². The molecular formula is C25H51NO2Si. The lowest BCUT2D eigenvalue weighted by Gasteiger charge is -2.46. The molecule has 1 atom stereocenters. The van der Waals surface area contributed by atoms with Gasteiger partial charge < -0.3 is 14.5 Å². The summed E-state index contributed by atoms with van der Waals surface area (Å²) in [5, 5.41) is 3.76. The summed E-state index contributed by atoms with van der Waals surface area (Å²) in [4.78, 5) is 0. The Morgan fingerprint density at radius 1 is 0.828 bits per heavy atom. The van der Waals surface area contributed by atoms with E-state index in [0.29, 0.717) is 6.10 Å². The van der Waals surface area contributed by atoms with Crippen LogP contribution in [0, 0.1) is 0 Å². The van der Waals surface area contributed by atoms with E-state index in [1.54, 1.807) is 0 Å². The summed E-state index contributed by atoms with van der Waals surface area (Å²) in [6, 6.07) is 2.62. The second-order valence-corrected chi connectivity index (χ2v) is 15.7. The molecular weight excluding hydrogens is 374 g/mol. The number of nitrogens with one attached hydrogen (secondary N) is 1. The van der Waals surface area contributed by atoms with Crippen LogP contribution < -0.4 is 5.32 Å². The topological polar surface area (TPSA) is 30.5 Å². The number of ether oxygens (including phenoxy) is 1. The first-order chi connectivity index (χ1) is 13.7. The standard InChI is InChI=1S/C25H51NO2Si/c1-24(2)21-23(22-25(3,4)26-24)27-17-16-20-29(5)19-15-13-11-9-7-6-8-10-12-14-18-28-29/h23,26H,6-22H2,1-5H3. The zero-order valence-corrected chi connectivity index (χ0v) is 21.4. The highest BCUT2D eigenvalue weighted by molar-refractivity contribution is 6.72. The van der Waals surface area contributed by atoms with Gasteiger partial charge >= 0.3 is 0 Å². The summed E-state index contributed by atoms with van der Waals surface area (Å²) in [5.74, 6) is 0. The summed E-state index contributed by atoms with van der Waals surface area (Å²) in [6.07, 6.45) is 17.8. The zero-order chi connectivity index (χ0) is 21.2. The molecule has 2 saturated heterocycles. The molecule has 3 nitrogen and oxygen atoms in total. The minimum Gasteiger partial charge on any atom is -0.417 e. The number of piperidine rings is 1. The van der Waals surface area contributed by atoms with Crippen molar-refractivity contribution in [2.45, 2.75) is 147 Å². The quantitative estimate of drug-likeness (QED) is 0.373. The molecule has 172 valence electrons. The van der Waals surface area contributed by atoms with Crippen LogP contribution in [0.3, 0.4) is 0 Å². The first-order valence-electron chi connectivity index (χ1n) is 12.7. The molecule has 29 heavy (non-hydrogen) atoms. The van der Waals surface area contributed by atoms with Gasteiger partial charge in [-0.1, -0.05) is 57.8 Å². The average Bonchev–Trinajstić information content (AvgIpc) is 2.60. The molecule has 0 aromatic rings. The number of hydrogen-bond donors (Lipinski definition) is 1.